The lowest BCUT2D eigenvalue weighted by Crippen LogP contribution is -2.41. The van der Waals surface area contributed by atoms with Crippen LogP contribution in [0.15, 0.2) is 0 Å². The summed E-state index contributed by atoms with van der Waals surface area (Å²) in [6, 6.07) is -0.537. The summed E-state index contributed by atoms with van der Waals surface area (Å²) in [7, 11) is 2.91. The molecule has 1 saturated heterocycles. The van der Waals surface area contributed by atoms with Crippen molar-refractivity contribution in [3.63, 3.8) is 0 Å². The monoisotopic (exact) mass is 163 g/mol. The summed E-state index contributed by atoms with van der Waals surface area (Å²) in [5.41, 5.74) is 5.52. The molecule has 0 spiro atoms. The van der Waals surface area contributed by atoms with Crippen molar-refractivity contribution in [3.8, 4) is 0 Å². The Morgan fingerprint density at radius 1 is 1.27 bits per heavy atom. The van der Waals surface area contributed by atoms with Gasteiger partial charge in [0.05, 0.1) is 6.04 Å². The van der Waals surface area contributed by atoms with E-state index in [-0.39, 0.29) is 0 Å². The number of methoxy groups -OCH3 is 2. The van der Waals surface area contributed by atoms with Crippen molar-refractivity contribution < 1.29 is 19.3 Å². The zero-order valence-electron chi connectivity index (χ0n) is 6.56. The lowest BCUT2D eigenvalue weighted by molar-refractivity contribution is -0.200. The third-order valence-electron chi connectivity index (χ3n) is 1.72. The quantitative estimate of drug-likeness (QED) is 0.526. The van der Waals surface area contributed by atoms with Crippen molar-refractivity contribution in [3.05, 3.63) is 0 Å². The summed E-state index contributed by atoms with van der Waals surface area (Å²) in [6.07, 6.45) is -2.06. The zero-order valence-corrected chi connectivity index (χ0v) is 6.56. The van der Waals surface area contributed by atoms with Gasteiger partial charge in [-0.05, 0) is 0 Å². The number of hydrogen-bond acceptors (Lipinski definition) is 5. The minimum atomic E-state index is -0.815. The van der Waals surface area contributed by atoms with Crippen molar-refractivity contribution in [1.29, 1.82) is 0 Å². The second kappa shape index (κ2) is 3.46. The van der Waals surface area contributed by atoms with Crippen LogP contribution in [0.5, 0.6) is 0 Å². The molecule has 5 nitrogen and oxygen atoms in total. The van der Waals surface area contributed by atoms with Gasteiger partial charge in [0.1, 0.15) is 6.10 Å². The maximum atomic E-state index is 9.30. The molecular weight excluding hydrogens is 150 g/mol. The van der Waals surface area contributed by atoms with Crippen LogP contribution >= 0.6 is 0 Å². The van der Waals surface area contributed by atoms with Gasteiger partial charge >= 0.3 is 0 Å². The van der Waals surface area contributed by atoms with Crippen molar-refractivity contribution in [2.75, 3.05) is 14.2 Å². The van der Waals surface area contributed by atoms with Crippen LogP contribution < -0.4 is 5.73 Å². The van der Waals surface area contributed by atoms with E-state index < -0.39 is 24.7 Å². The van der Waals surface area contributed by atoms with Crippen LogP contribution in [0.25, 0.3) is 0 Å². The molecule has 0 bridgehead atoms. The van der Waals surface area contributed by atoms with Crippen LogP contribution in [0.1, 0.15) is 0 Å². The first-order valence-corrected chi connectivity index (χ1v) is 3.35. The molecule has 0 aromatic rings. The van der Waals surface area contributed by atoms with Gasteiger partial charge in [-0.25, -0.2) is 0 Å². The van der Waals surface area contributed by atoms with Gasteiger partial charge in [0, 0.05) is 14.2 Å². The number of aliphatic hydroxyl groups is 1. The summed E-state index contributed by atoms with van der Waals surface area (Å²) in [4.78, 5) is 0. The van der Waals surface area contributed by atoms with Gasteiger partial charge in [0.15, 0.2) is 12.6 Å². The molecule has 11 heavy (non-hydrogen) atoms. The van der Waals surface area contributed by atoms with Crippen molar-refractivity contribution >= 4 is 0 Å². The predicted molar refractivity (Wildman–Crippen MR) is 36.7 cm³/mol. The average Bonchev–Trinajstić information content (AvgIpc) is 2.30. The molecule has 0 unspecified atom stereocenters. The van der Waals surface area contributed by atoms with Crippen LogP contribution in [-0.2, 0) is 14.2 Å². The first-order valence-electron chi connectivity index (χ1n) is 3.35. The molecule has 5 heteroatoms. The zero-order chi connectivity index (χ0) is 8.43. The summed E-state index contributed by atoms with van der Waals surface area (Å²) in [5.74, 6) is 0. The third kappa shape index (κ3) is 1.52. The highest BCUT2D eigenvalue weighted by Gasteiger charge is 2.41. The highest BCUT2D eigenvalue weighted by molar-refractivity contribution is 4.84. The molecule has 3 N–H and O–H groups in total. The van der Waals surface area contributed by atoms with Gasteiger partial charge in [-0.15, -0.1) is 0 Å². The maximum absolute atomic E-state index is 9.30. The molecule has 0 amide bonds. The van der Waals surface area contributed by atoms with Crippen LogP contribution in [0.3, 0.4) is 0 Å². The standard InChI is InChI=1S/C6H13NO4/c1-9-5-3(7)4(8)6(10-2)11-5/h3-6,8H,7H2,1-2H3/t3-,4-,5+,6-/m0/s1. The van der Waals surface area contributed by atoms with Crippen LogP contribution in [0.2, 0.25) is 0 Å². The van der Waals surface area contributed by atoms with Crippen LogP contribution in [-0.4, -0.2) is 44.1 Å². The van der Waals surface area contributed by atoms with Gasteiger partial charge in [-0.2, -0.15) is 0 Å². The van der Waals surface area contributed by atoms with Gasteiger partial charge in [-0.3, -0.25) is 0 Å². The van der Waals surface area contributed by atoms with Gasteiger partial charge in [0.25, 0.3) is 0 Å². The fourth-order valence-corrected chi connectivity index (χ4v) is 1.05. The summed E-state index contributed by atoms with van der Waals surface area (Å²) in [5, 5.41) is 9.30. The highest BCUT2D eigenvalue weighted by Crippen LogP contribution is 2.19. The van der Waals surface area contributed by atoms with E-state index in [2.05, 4.69) is 0 Å². The highest BCUT2D eigenvalue weighted by atomic mass is 16.8. The predicted octanol–water partition coefficient (Wildman–Crippen LogP) is -1.35. The van der Waals surface area contributed by atoms with Crippen molar-refractivity contribution in [2.24, 2.45) is 5.73 Å². The van der Waals surface area contributed by atoms with Crippen molar-refractivity contribution in [2.45, 2.75) is 24.7 Å². The molecule has 0 aliphatic carbocycles. The van der Waals surface area contributed by atoms with E-state index >= 15 is 0 Å². The number of aliphatic hydroxyl groups excluding tert-OH is 1. The molecule has 0 saturated carbocycles. The van der Waals surface area contributed by atoms with Gasteiger partial charge in [0.2, 0.25) is 0 Å². The maximum Gasteiger partial charge on any atom is 0.187 e. The van der Waals surface area contributed by atoms with E-state index in [1.807, 2.05) is 0 Å². The number of nitrogens with two attached hydrogens (primary N) is 1. The first kappa shape index (κ1) is 8.89. The molecule has 66 valence electrons. The minimum Gasteiger partial charge on any atom is -0.386 e. The Morgan fingerprint density at radius 3 is 2.09 bits per heavy atom. The molecule has 1 aliphatic heterocycles. The molecular formula is C6H13NO4. The molecule has 4 atom stereocenters. The number of rotatable bonds is 2. The molecule has 1 aliphatic rings. The van der Waals surface area contributed by atoms with E-state index in [1.54, 1.807) is 0 Å². The van der Waals surface area contributed by atoms with E-state index in [0.29, 0.717) is 0 Å². The van der Waals surface area contributed by atoms with Crippen LogP contribution in [0, 0.1) is 0 Å². The summed E-state index contributed by atoms with van der Waals surface area (Å²) in [6.45, 7) is 0. The third-order valence-corrected chi connectivity index (χ3v) is 1.72. The van der Waals surface area contributed by atoms with Crippen LogP contribution in [0.4, 0.5) is 0 Å². The fraction of sp³-hybridized carbons (Fsp3) is 1.00. The Hall–Kier alpha value is -0.200. The minimum absolute atomic E-state index is 0.537. The number of hydrogen-bond donors (Lipinski definition) is 2. The fourth-order valence-electron chi connectivity index (χ4n) is 1.05. The summed E-state index contributed by atoms with van der Waals surface area (Å²) < 4.78 is 14.7. The first-order chi connectivity index (χ1) is 5.20. The second-order valence-corrected chi connectivity index (χ2v) is 2.41. The van der Waals surface area contributed by atoms with E-state index in [0.717, 1.165) is 0 Å². The molecule has 0 aromatic heterocycles. The second-order valence-electron chi connectivity index (χ2n) is 2.41. The molecule has 1 heterocycles. The van der Waals surface area contributed by atoms with E-state index in [1.165, 1.54) is 14.2 Å². The lowest BCUT2D eigenvalue weighted by Gasteiger charge is -2.12. The summed E-state index contributed by atoms with van der Waals surface area (Å²) >= 11 is 0. The molecule has 1 rings (SSSR count). The Morgan fingerprint density at radius 2 is 1.82 bits per heavy atom. The smallest absolute Gasteiger partial charge is 0.187 e. The van der Waals surface area contributed by atoms with E-state index in [4.69, 9.17) is 19.9 Å². The molecule has 0 aromatic carbocycles. The Labute approximate surface area is 65.0 Å². The Bertz CT molecular complexity index is 114. The van der Waals surface area contributed by atoms with E-state index in [9.17, 15) is 5.11 Å². The van der Waals surface area contributed by atoms with Gasteiger partial charge < -0.3 is 25.1 Å². The Balaban J connectivity index is 2.53. The molecule has 1 fully saturated rings. The van der Waals surface area contributed by atoms with Crippen molar-refractivity contribution in [1.82, 2.24) is 0 Å². The SMILES string of the molecule is CO[C@@H]1O[C@H](OC)[C@@H](O)[C@@H]1N. The topological polar surface area (TPSA) is 73.9 Å². The Kier molecular flexibility index (Phi) is 2.80. The number of ether oxygens (including phenoxy) is 3. The van der Waals surface area contributed by atoms with Gasteiger partial charge in [-0.1, -0.05) is 0 Å². The molecule has 0 radical (unpaired) electrons. The normalized spacial score (nSPS) is 44.7. The average molecular weight is 163 g/mol. The lowest BCUT2D eigenvalue weighted by atomic mass is 10.2. The largest absolute Gasteiger partial charge is 0.386 e.